The smallest absolute Gasteiger partial charge is 0.253 e. The summed E-state index contributed by atoms with van der Waals surface area (Å²) in [5.41, 5.74) is 7.39. The van der Waals surface area contributed by atoms with Gasteiger partial charge < -0.3 is 21.3 Å². The number of amides is 3. The summed E-state index contributed by atoms with van der Waals surface area (Å²) in [4.78, 5) is 38.1. The standard InChI is InChI=1S/C22H26N4O3/c1-15-10-12-26(13-11-15)22(29)16-6-8-17(9-7-16)25-20(27)14-24-19-5-3-2-4-18(19)21(23)28/h2-9,15,24H,10-14H2,1H3,(H2,23,28)(H,25,27). The lowest BCUT2D eigenvalue weighted by atomic mass is 9.98. The topological polar surface area (TPSA) is 105 Å². The van der Waals surface area contributed by atoms with Crippen molar-refractivity contribution >= 4 is 29.1 Å². The van der Waals surface area contributed by atoms with E-state index in [0.29, 0.717) is 28.4 Å². The van der Waals surface area contributed by atoms with Gasteiger partial charge in [0.1, 0.15) is 0 Å². The highest BCUT2D eigenvalue weighted by Crippen LogP contribution is 2.19. The third-order valence-electron chi connectivity index (χ3n) is 5.12. The molecule has 0 aromatic heterocycles. The molecule has 3 rings (SSSR count). The Hall–Kier alpha value is -3.35. The van der Waals surface area contributed by atoms with Crippen LogP contribution in [0.15, 0.2) is 48.5 Å². The van der Waals surface area contributed by atoms with Crippen molar-refractivity contribution in [1.29, 1.82) is 0 Å². The zero-order chi connectivity index (χ0) is 20.8. The number of carbonyl (C=O) groups is 3. The van der Waals surface area contributed by atoms with Gasteiger partial charge in [-0.3, -0.25) is 14.4 Å². The van der Waals surface area contributed by atoms with E-state index in [2.05, 4.69) is 17.6 Å². The molecule has 1 heterocycles. The molecule has 7 nitrogen and oxygen atoms in total. The molecule has 4 N–H and O–H groups in total. The SMILES string of the molecule is CC1CCN(C(=O)c2ccc(NC(=O)CNc3ccccc3C(N)=O)cc2)CC1. The van der Waals surface area contributed by atoms with Crippen LogP contribution in [0.3, 0.4) is 0 Å². The molecule has 0 saturated carbocycles. The van der Waals surface area contributed by atoms with Gasteiger partial charge in [0.05, 0.1) is 12.1 Å². The first-order valence-corrected chi connectivity index (χ1v) is 9.76. The van der Waals surface area contributed by atoms with Crippen LogP contribution < -0.4 is 16.4 Å². The molecular weight excluding hydrogens is 368 g/mol. The first-order valence-electron chi connectivity index (χ1n) is 9.76. The van der Waals surface area contributed by atoms with E-state index in [1.54, 1.807) is 48.5 Å². The third kappa shape index (κ3) is 5.34. The molecule has 3 amide bonds. The number of anilines is 2. The van der Waals surface area contributed by atoms with Crippen molar-refractivity contribution in [1.82, 2.24) is 4.90 Å². The van der Waals surface area contributed by atoms with Crippen LogP contribution in [0.25, 0.3) is 0 Å². The molecule has 1 fully saturated rings. The Morgan fingerprint density at radius 1 is 1.03 bits per heavy atom. The lowest BCUT2D eigenvalue weighted by Gasteiger charge is -2.30. The quantitative estimate of drug-likeness (QED) is 0.701. The highest BCUT2D eigenvalue weighted by Gasteiger charge is 2.21. The van der Waals surface area contributed by atoms with Crippen LogP contribution in [0.4, 0.5) is 11.4 Å². The van der Waals surface area contributed by atoms with Gasteiger partial charge in [0.2, 0.25) is 5.91 Å². The molecule has 2 aromatic rings. The Bertz CT molecular complexity index is 887. The summed E-state index contributed by atoms with van der Waals surface area (Å²) >= 11 is 0. The normalized spacial score (nSPS) is 14.3. The Labute approximate surface area is 170 Å². The number of carbonyl (C=O) groups excluding carboxylic acids is 3. The summed E-state index contributed by atoms with van der Waals surface area (Å²) in [7, 11) is 0. The highest BCUT2D eigenvalue weighted by atomic mass is 16.2. The number of nitrogens with zero attached hydrogens (tertiary/aromatic N) is 1. The number of nitrogens with one attached hydrogen (secondary N) is 2. The average molecular weight is 394 g/mol. The Morgan fingerprint density at radius 2 is 1.69 bits per heavy atom. The second-order valence-electron chi connectivity index (χ2n) is 7.36. The van der Waals surface area contributed by atoms with E-state index in [1.807, 2.05) is 4.90 Å². The van der Waals surface area contributed by atoms with Crippen molar-refractivity contribution in [2.45, 2.75) is 19.8 Å². The maximum atomic E-state index is 12.6. The van der Waals surface area contributed by atoms with E-state index in [0.717, 1.165) is 25.9 Å². The fourth-order valence-electron chi connectivity index (χ4n) is 3.32. The van der Waals surface area contributed by atoms with Gasteiger partial charge in [0.25, 0.3) is 11.8 Å². The minimum Gasteiger partial charge on any atom is -0.376 e. The molecule has 0 aliphatic carbocycles. The molecule has 29 heavy (non-hydrogen) atoms. The van der Waals surface area contributed by atoms with Gasteiger partial charge in [-0.05, 0) is 55.2 Å². The predicted molar refractivity (Wildman–Crippen MR) is 113 cm³/mol. The molecule has 0 bridgehead atoms. The van der Waals surface area contributed by atoms with E-state index in [9.17, 15) is 14.4 Å². The second-order valence-corrected chi connectivity index (χ2v) is 7.36. The predicted octanol–water partition coefficient (Wildman–Crippen LogP) is 2.71. The van der Waals surface area contributed by atoms with Crippen molar-refractivity contribution < 1.29 is 14.4 Å². The molecule has 7 heteroatoms. The second kappa shape index (κ2) is 9.23. The number of para-hydroxylation sites is 1. The summed E-state index contributed by atoms with van der Waals surface area (Å²) in [6, 6.07) is 13.6. The highest BCUT2D eigenvalue weighted by molar-refractivity contribution is 6.00. The first-order chi connectivity index (χ1) is 13.9. The molecule has 0 radical (unpaired) electrons. The monoisotopic (exact) mass is 394 g/mol. The fourth-order valence-corrected chi connectivity index (χ4v) is 3.32. The molecule has 1 aliphatic heterocycles. The van der Waals surface area contributed by atoms with Crippen LogP contribution in [-0.2, 0) is 4.79 Å². The molecule has 152 valence electrons. The molecular formula is C22H26N4O3. The van der Waals surface area contributed by atoms with Crippen molar-refractivity contribution in [3.8, 4) is 0 Å². The molecule has 1 saturated heterocycles. The van der Waals surface area contributed by atoms with Crippen LogP contribution in [-0.4, -0.2) is 42.3 Å². The Morgan fingerprint density at radius 3 is 2.34 bits per heavy atom. The molecule has 0 unspecified atom stereocenters. The van der Waals surface area contributed by atoms with Crippen molar-refractivity contribution in [2.75, 3.05) is 30.3 Å². The number of likely N-dealkylation sites (tertiary alicyclic amines) is 1. The summed E-state index contributed by atoms with van der Waals surface area (Å²) in [6.45, 7) is 3.77. The maximum Gasteiger partial charge on any atom is 0.253 e. The van der Waals surface area contributed by atoms with Gasteiger partial charge in [0.15, 0.2) is 0 Å². The fraction of sp³-hybridized carbons (Fsp3) is 0.318. The van der Waals surface area contributed by atoms with Gasteiger partial charge in [-0.1, -0.05) is 19.1 Å². The van der Waals surface area contributed by atoms with Crippen LogP contribution in [0.1, 0.15) is 40.5 Å². The van der Waals surface area contributed by atoms with Crippen molar-refractivity contribution in [3.63, 3.8) is 0 Å². The zero-order valence-corrected chi connectivity index (χ0v) is 16.5. The lowest BCUT2D eigenvalue weighted by molar-refractivity contribution is -0.114. The lowest BCUT2D eigenvalue weighted by Crippen LogP contribution is -2.37. The number of piperidine rings is 1. The minimum absolute atomic E-state index is 0.0169. The number of hydrogen-bond acceptors (Lipinski definition) is 4. The van der Waals surface area contributed by atoms with Gasteiger partial charge >= 0.3 is 0 Å². The number of hydrogen-bond donors (Lipinski definition) is 3. The van der Waals surface area contributed by atoms with Crippen LogP contribution in [0, 0.1) is 5.92 Å². The summed E-state index contributed by atoms with van der Waals surface area (Å²) < 4.78 is 0. The molecule has 2 aromatic carbocycles. The largest absolute Gasteiger partial charge is 0.376 e. The van der Waals surface area contributed by atoms with E-state index in [4.69, 9.17) is 5.73 Å². The van der Waals surface area contributed by atoms with Crippen LogP contribution in [0.2, 0.25) is 0 Å². The van der Waals surface area contributed by atoms with Crippen LogP contribution >= 0.6 is 0 Å². The molecule has 0 atom stereocenters. The number of nitrogens with two attached hydrogens (primary N) is 1. The Kier molecular flexibility index (Phi) is 6.49. The molecule has 1 aliphatic rings. The van der Waals surface area contributed by atoms with Gasteiger partial charge in [-0.25, -0.2) is 0 Å². The van der Waals surface area contributed by atoms with E-state index >= 15 is 0 Å². The minimum atomic E-state index is -0.558. The molecule has 0 spiro atoms. The first kappa shape index (κ1) is 20.4. The zero-order valence-electron chi connectivity index (χ0n) is 16.5. The number of primary amides is 1. The number of rotatable bonds is 6. The van der Waals surface area contributed by atoms with E-state index in [1.165, 1.54) is 0 Å². The Balaban J connectivity index is 1.54. The average Bonchev–Trinajstić information content (AvgIpc) is 2.73. The summed E-state index contributed by atoms with van der Waals surface area (Å²) in [5, 5.41) is 5.69. The van der Waals surface area contributed by atoms with Crippen molar-refractivity contribution in [2.24, 2.45) is 11.7 Å². The van der Waals surface area contributed by atoms with Gasteiger partial charge in [0, 0.05) is 30.0 Å². The van der Waals surface area contributed by atoms with Gasteiger partial charge in [-0.2, -0.15) is 0 Å². The van der Waals surface area contributed by atoms with Crippen LogP contribution in [0.5, 0.6) is 0 Å². The summed E-state index contributed by atoms with van der Waals surface area (Å²) in [5.74, 6) is -0.134. The van der Waals surface area contributed by atoms with E-state index < -0.39 is 5.91 Å². The summed E-state index contributed by atoms with van der Waals surface area (Å²) in [6.07, 6.45) is 2.07. The number of benzene rings is 2. The van der Waals surface area contributed by atoms with Gasteiger partial charge in [-0.15, -0.1) is 0 Å². The van der Waals surface area contributed by atoms with Crippen molar-refractivity contribution in [3.05, 3.63) is 59.7 Å². The van der Waals surface area contributed by atoms with E-state index in [-0.39, 0.29) is 18.4 Å². The third-order valence-corrected chi connectivity index (χ3v) is 5.12. The maximum absolute atomic E-state index is 12.6.